The smallest absolute Gasteiger partial charge is 0.155 e. The Hall–Kier alpha value is -4.90. The molecule has 0 aliphatic carbocycles. The van der Waals surface area contributed by atoms with E-state index in [2.05, 4.69) is 51.8 Å². The minimum atomic E-state index is 0. The van der Waals surface area contributed by atoms with Gasteiger partial charge in [0, 0.05) is 43.6 Å². The predicted molar refractivity (Wildman–Crippen MR) is 164 cm³/mol. The fraction of sp³-hybridized carbons (Fsp3) is 0.0278. The van der Waals surface area contributed by atoms with Crippen molar-refractivity contribution in [2.45, 2.75) is 6.92 Å². The van der Waals surface area contributed by atoms with Gasteiger partial charge in [-0.3, -0.25) is 4.98 Å². The number of furan rings is 1. The van der Waals surface area contributed by atoms with Crippen LogP contribution in [0.1, 0.15) is 5.56 Å². The molecule has 4 aromatic heterocycles. The largest absolute Gasteiger partial charge is 0.501 e. The number of aryl methyl sites for hydroxylation is 1. The number of nitrogens with zero attached hydrogens (tertiary/aromatic N) is 4. The molecule has 0 aliphatic heterocycles. The van der Waals surface area contributed by atoms with Crippen LogP contribution in [0.25, 0.3) is 61.4 Å². The van der Waals surface area contributed by atoms with E-state index < -0.39 is 0 Å². The minimum absolute atomic E-state index is 0. The molecular weight excluding hydrogens is 697 g/mol. The maximum Gasteiger partial charge on any atom is 0.155 e. The molecule has 8 aromatic rings. The van der Waals surface area contributed by atoms with Gasteiger partial charge in [-0.1, -0.05) is 66.4 Å². The summed E-state index contributed by atoms with van der Waals surface area (Å²) in [6.07, 6.45) is 3.58. The molecule has 205 valence electrons. The Kier molecular flexibility index (Phi) is 7.74. The van der Waals surface area contributed by atoms with Crippen molar-refractivity contribution in [2.75, 3.05) is 0 Å². The average Bonchev–Trinajstić information content (AvgIpc) is 3.63. The molecule has 5 nitrogen and oxygen atoms in total. The first-order valence-electron chi connectivity index (χ1n) is 13.4. The quantitative estimate of drug-likeness (QED) is 0.172. The van der Waals surface area contributed by atoms with Crippen molar-refractivity contribution in [1.29, 1.82) is 0 Å². The van der Waals surface area contributed by atoms with Gasteiger partial charge in [-0.25, -0.2) is 4.98 Å². The standard InChI is InChI=1S/C25H16N3O.C11H8N.Ir/c1-16-13-14-19(23-22(16)18-10-5-6-12-21(18)29-23)24-27-20-11-7-15-26-25(20)28(24)17-8-3-2-4-9-17;1-2-6-10(7-3-1)11-8-4-5-9-12-11;/h2-13,15H,1H3;1-6,8-9H;/q2*-1;. The summed E-state index contributed by atoms with van der Waals surface area (Å²) in [7, 11) is 0. The Labute approximate surface area is 256 Å². The van der Waals surface area contributed by atoms with Crippen molar-refractivity contribution in [2.24, 2.45) is 0 Å². The third-order valence-corrected chi connectivity index (χ3v) is 6.95. The van der Waals surface area contributed by atoms with Gasteiger partial charge in [-0.15, -0.1) is 53.6 Å². The molecule has 0 atom stereocenters. The van der Waals surface area contributed by atoms with Gasteiger partial charge in [-0.05, 0) is 42.1 Å². The molecule has 0 saturated heterocycles. The SMILES string of the molecule is Cc1c[c-]c(-c2nc3cccnc3n2-c2ccccc2)c2oc3ccccc3c12.[Ir].[c-]1ccccc1-c1ccccn1. The molecule has 0 amide bonds. The molecule has 1 radical (unpaired) electrons. The summed E-state index contributed by atoms with van der Waals surface area (Å²) in [6, 6.07) is 44.4. The first-order valence-corrected chi connectivity index (χ1v) is 13.4. The van der Waals surface area contributed by atoms with E-state index in [4.69, 9.17) is 9.40 Å². The second kappa shape index (κ2) is 11.9. The number of benzene rings is 4. The van der Waals surface area contributed by atoms with E-state index in [0.29, 0.717) is 0 Å². The van der Waals surface area contributed by atoms with Crippen LogP contribution in [0.3, 0.4) is 0 Å². The molecule has 4 aromatic carbocycles. The zero-order valence-corrected chi connectivity index (χ0v) is 25.0. The van der Waals surface area contributed by atoms with Gasteiger partial charge >= 0.3 is 0 Å². The van der Waals surface area contributed by atoms with Gasteiger partial charge in [0.2, 0.25) is 0 Å². The molecule has 0 bridgehead atoms. The van der Waals surface area contributed by atoms with Crippen molar-refractivity contribution < 1.29 is 24.5 Å². The Morgan fingerprint density at radius 3 is 2.33 bits per heavy atom. The van der Waals surface area contributed by atoms with E-state index in [1.54, 1.807) is 12.4 Å². The zero-order valence-electron chi connectivity index (χ0n) is 22.7. The summed E-state index contributed by atoms with van der Waals surface area (Å²) in [5.41, 5.74) is 8.30. The molecule has 0 fully saturated rings. The summed E-state index contributed by atoms with van der Waals surface area (Å²) in [4.78, 5) is 13.7. The van der Waals surface area contributed by atoms with E-state index in [1.807, 2.05) is 97.1 Å². The van der Waals surface area contributed by atoms with Crippen LogP contribution in [0.5, 0.6) is 0 Å². The zero-order chi connectivity index (χ0) is 27.6. The van der Waals surface area contributed by atoms with Gasteiger partial charge < -0.3 is 14.0 Å². The van der Waals surface area contributed by atoms with E-state index in [1.165, 1.54) is 0 Å². The number of rotatable bonds is 3. The minimum Gasteiger partial charge on any atom is -0.501 e. The number of imidazole rings is 1. The predicted octanol–water partition coefficient (Wildman–Crippen LogP) is 8.64. The first-order chi connectivity index (χ1) is 20.3. The Bertz CT molecular complexity index is 2070. The molecule has 0 unspecified atom stereocenters. The average molecular weight is 721 g/mol. The van der Waals surface area contributed by atoms with E-state index >= 15 is 0 Å². The summed E-state index contributed by atoms with van der Waals surface area (Å²) in [6.45, 7) is 2.09. The summed E-state index contributed by atoms with van der Waals surface area (Å²) in [5.74, 6) is 0.772. The molecule has 0 aliphatic rings. The third-order valence-electron chi connectivity index (χ3n) is 6.95. The number of hydrogen-bond acceptors (Lipinski definition) is 4. The van der Waals surface area contributed by atoms with Crippen molar-refractivity contribution >= 4 is 33.1 Å². The number of para-hydroxylation sites is 2. The van der Waals surface area contributed by atoms with Crippen molar-refractivity contribution in [3.8, 4) is 28.3 Å². The van der Waals surface area contributed by atoms with Gasteiger partial charge in [0.25, 0.3) is 0 Å². The molecule has 0 spiro atoms. The van der Waals surface area contributed by atoms with Crippen LogP contribution in [0.2, 0.25) is 0 Å². The Morgan fingerprint density at radius 1 is 0.738 bits per heavy atom. The Balaban J connectivity index is 0.000000205. The second-order valence-electron chi connectivity index (χ2n) is 9.59. The molecular formula is C36H24IrN4O-2. The Morgan fingerprint density at radius 2 is 1.52 bits per heavy atom. The van der Waals surface area contributed by atoms with Crippen LogP contribution in [-0.4, -0.2) is 19.5 Å². The van der Waals surface area contributed by atoms with Gasteiger partial charge in [0.1, 0.15) is 5.58 Å². The maximum absolute atomic E-state index is 6.30. The third kappa shape index (κ3) is 5.03. The first kappa shape index (κ1) is 27.3. The molecule has 4 heterocycles. The molecule has 0 N–H and O–H groups in total. The number of fused-ring (bicyclic) bond motifs is 4. The topological polar surface area (TPSA) is 56.7 Å². The summed E-state index contributed by atoms with van der Waals surface area (Å²) in [5, 5.41) is 2.21. The summed E-state index contributed by atoms with van der Waals surface area (Å²) < 4.78 is 8.37. The van der Waals surface area contributed by atoms with Crippen molar-refractivity contribution in [3.63, 3.8) is 0 Å². The van der Waals surface area contributed by atoms with E-state index in [9.17, 15) is 0 Å². The van der Waals surface area contributed by atoms with Crippen LogP contribution in [0.15, 0.2) is 132 Å². The monoisotopic (exact) mass is 721 g/mol. The van der Waals surface area contributed by atoms with Gasteiger partial charge in [-0.2, -0.15) is 0 Å². The van der Waals surface area contributed by atoms with E-state index in [-0.39, 0.29) is 20.1 Å². The number of hydrogen-bond donors (Lipinski definition) is 0. The van der Waals surface area contributed by atoms with Crippen LogP contribution >= 0.6 is 0 Å². The molecule has 6 heteroatoms. The second-order valence-corrected chi connectivity index (χ2v) is 9.59. The molecule has 42 heavy (non-hydrogen) atoms. The van der Waals surface area contributed by atoms with Crippen molar-refractivity contribution in [3.05, 3.63) is 145 Å². The van der Waals surface area contributed by atoms with Gasteiger partial charge in [0.05, 0.1) is 16.9 Å². The fourth-order valence-corrected chi connectivity index (χ4v) is 5.07. The normalized spacial score (nSPS) is 10.8. The van der Waals surface area contributed by atoms with Crippen LogP contribution in [-0.2, 0) is 20.1 Å². The molecule has 0 saturated carbocycles. The van der Waals surface area contributed by atoms with Gasteiger partial charge in [0.15, 0.2) is 5.65 Å². The van der Waals surface area contributed by atoms with Crippen LogP contribution < -0.4 is 0 Å². The fourth-order valence-electron chi connectivity index (χ4n) is 5.07. The van der Waals surface area contributed by atoms with Crippen LogP contribution in [0, 0.1) is 19.1 Å². The van der Waals surface area contributed by atoms with Crippen LogP contribution in [0.4, 0.5) is 0 Å². The number of aromatic nitrogens is 4. The maximum atomic E-state index is 6.30. The van der Waals surface area contributed by atoms with E-state index in [0.717, 1.165) is 67.0 Å². The van der Waals surface area contributed by atoms with Crippen molar-refractivity contribution in [1.82, 2.24) is 19.5 Å². The summed E-state index contributed by atoms with van der Waals surface area (Å²) >= 11 is 0. The number of pyridine rings is 2. The molecule has 8 rings (SSSR count).